The van der Waals surface area contributed by atoms with E-state index < -0.39 is 23.5 Å². The van der Waals surface area contributed by atoms with Crippen LogP contribution in [0.4, 0.5) is 10.5 Å². The number of carbonyl (C=O) groups is 3. The summed E-state index contributed by atoms with van der Waals surface area (Å²) in [4.78, 5) is 46.1. The molecule has 0 bridgehead atoms. The lowest BCUT2D eigenvalue weighted by Gasteiger charge is -2.28. The molecule has 0 aliphatic heterocycles. The summed E-state index contributed by atoms with van der Waals surface area (Å²) < 4.78 is 2.01. The number of rotatable bonds is 14. The van der Waals surface area contributed by atoms with Crippen LogP contribution >= 0.6 is 34.8 Å². The van der Waals surface area contributed by atoms with Crippen LogP contribution in [0.1, 0.15) is 61.6 Å². The molecule has 292 valence electrons. The van der Waals surface area contributed by atoms with Gasteiger partial charge in [-0.05, 0) is 96.3 Å². The molecular formula is C43H46Cl3N7O3. The molecule has 7 rings (SSSR count). The van der Waals surface area contributed by atoms with Crippen LogP contribution in [0, 0.1) is 5.92 Å². The van der Waals surface area contributed by atoms with Gasteiger partial charge in [0.05, 0.1) is 12.1 Å². The van der Waals surface area contributed by atoms with E-state index in [1.807, 2.05) is 53.2 Å². The summed E-state index contributed by atoms with van der Waals surface area (Å²) in [6.07, 6.45) is 10.6. The number of pyridine rings is 1. The maximum atomic E-state index is 14.3. The Bertz CT molecular complexity index is 2160. The summed E-state index contributed by atoms with van der Waals surface area (Å²) in [5.74, 6) is -0.289. The van der Waals surface area contributed by atoms with E-state index in [1.165, 1.54) is 12.8 Å². The monoisotopic (exact) mass is 813 g/mol. The highest BCUT2D eigenvalue weighted by Crippen LogP contribution is 2.51. The Labute approximate surface area is 342 Å². The third-order valence-electron chi connectivity index (χ3n) is 11.0. The van der Waals surface area contributed by atoms with Gasteiger partial charge in [-0.3, -0.25) is 14.6 Å². The van der Waals surface area contributed by atoms with E-state index in [0.717, 1.165) is 40.4 Å². The molecule has 2 aromatic heterocycles. The number of nitrogens with zero attached hydrogens (tertiary/aromatic N) is 2. The predicted molar refractivity (Wildman–Crippen MR) is 224 cm³/mol. The zero-order chi connectivity index (χ0) is 39.2. The standard InChI is InChI=1S/C43H46Cl3N7O3/c1-27-4-2-5-32(22-27)48-19-20-49-41(55)43(25-35(43)29-14-17-47-18-15-29)52-40(54)38(23-28-8-11-31(44)12-9-28)51-42(56)50-33-13-10-30-16-21-53(39(30)24-33)26-34-36(45)6-3-7-37(34)46/h3,6-18,21,24,27,32,35,38,48H,2,4-5,19-20,22-23,25-26H2,1H3,(H,49,55)(H,52,54)(H2,50,51,56)/t27-,32+,35-,38-,43?/m0/s1. The van der Waals surface area contributed by atoms with Crippen molar-refractivity contribution in [3.8, 4) is 0 Å². The highest BCUT2D eigenvalue weighted by atomic mass is 35.5. The lowest BCUT2D eigenvalue weighted by Crippen LogP contribution is -2.57. The smallest absolute Gasteiger partial charge is 0.319 e. The van der Waals surface area contributed by atoms with Crippen molar-refractivity contribution < 1.29 is 14.4 Å². The molecule has 0 saturated heterocycles. The van der Waals surface area contributed by atoms with Crippen molar-refractivity contribution >= 4 is 69.2 Å². The Balaban J connectivity index is 1.07. The summed E-state index contributed by atoms with van der Waals surface area (Å²) in [5, 5.41) is 18.2. The predicted octanol–water partition coefficient (Wildman–Crippen LogP) is 8.10. The maximum Gasteiger partial charge on any atom is 0.319 e. The van der Waals surface area contributed by atoms with E-state index in [4.69, 9.17) is 34.8 Å². The molecule has 4 amide bonds. The molecule has 2 saturated carbocycles. The number of urea groups is 1. The minimum atomic E-state index is -1.19. The molecule has 10 nitrogen and oxygen atoms in total. The van der Waals surface area contributed by atoms with Gasteiger partial charge in [0.1, 0.15) is 11.6 Å². The van der Waals surface area contributed by atoms with Crippen LogP contribution in [0.25, 0.3) is 10.9 Å². The number of hydrogen-bond donors (Lipinski definition) is 5. The van der Waals surface area contributed by atoms with Crippen LogP contribution in [0.2, 0.25) is 15.1 Å². The zero-order valence-corrected chi connectivity index (χ0v) is 33.4. The van der Waals surface area contributed by atoms with E-state index in [0.29, 0.717) is 58.8 Å². The number of fused-ring (bicyclic) bond motifs is 1. The maximum absolute atomic E-state index is 14.3. The molecule has 2 aliphatic rings. The Morgan fingerprint density at radius 2 is 1.70 bits per heavy atom. The molecule has 2 fully saturated rings. The molecule has 0 spiro atoms. The summed E-state index contributed by atoms with van der Waals surface area (Å²) in [6.45, 7) is 3.79. The number of amides is 4. The zero-order valence-electron chi connectivity index (χ0n) is 31.2. The molecule has 56 heavy (non-hydrogen) atoms. The number of nitrogens with one attached hydrogen (secondary N) is 5. The molecule has 13 heteroatoms. The van der Waals surface area contributed by atoms with Gasteiger partial charge in [0, 0.05) is 76.4 Å². The summed E-state index contributed by atoms with van der Waals surface area (Å²) in [6, 6.07) is 22.6. The second-order valence-electron chi connectivity index (χ2n) is 15.1. The van der Waals surface area contributed by atoms with Gasteiger partial charge >= 0.3 is 6.03 Å². The van der Waals surface area contributed by atoms with Crippen molar-refractivity contribution in [3.05, 3.63) is 129 Å². The second kappa shape index (κ2) is 17.7. The second-order valence-corrected chi connectivity index (χ2v) is 16.3. The van der Waals surface area contributed by atoms with Crippen molar-refractivity contribution in [2.75, 3.05) is 18.4 Å². The van der Waals surface area contributed by atoms with Crippen LogP contribution < -0.4 is 26.6 Å². The number of carbonyl (C=O) groups excluding carboxylic acids is 3. The average molecular weight is 815 g/mol. The van der Waals surface area contributed by atoms with Gasteiger partial charge in [0.15, 0.2) is 0 Å². The highest BCUT2D eigenvalue weighted by molar-refractivity contribution is 6.36. The number of halogens is 3. The van der Waals surface area contributed by atoms with Crippen molar-refractivity contribution in [1.29, 1.82) is 0 Å². The van der Waals surface area contributed by atoms with Crippen molar-refractivity contribution in [2.24, 2.45) is 5.92 Å². The van der Waals surface area contributed by atoms with Gasteiger partial charge < -0.3 is 31.2 Å². The fraction of sp³-hybridized carbons (Fsp3) is 0.349. The quantitative estimate of drug-likeness (QED) is 0.0725. The Morgan fingerprint density at radius 3 is 2.45 bits per heavy atom. The number of benzene rings is 3. The molecular weight excluding hydrogens is 769 g/mol. The summed E-state index contributed by atoms with van der Waals surface area (Å²) in [5.41, 5.74) is 2.69. The van der Waals surface area contributed by atoms with Crippen LogP contribution in [0.15, 0.2) is 97.5 Å². The lowest BCUT2D eigenvalue weighted by molar-refractivity contribution is -0.131. The third-order valence-corrected chi connectivity index (χ3v) is 12.0. The first-order valence-corrected chi connectivity index (χ1v) is 20.3. The van der Waals surface area contributed by atoms with Crippen LogP contribution in [-0.2, 0) is 22.6 Å². The first kappa shape index (κ1) is 39.6. The number of anilines is 1. The first-order chi connectivity index (χ1) is 27.1. The van der Waals surface area contributed by atoms with E-state index in [2.05, 4.69) is 38.5 Å². The van der Waals surface area contributed by atoms with Crippen LogP contribution in [0.5, 0.6) is 0 Å². The van der Waals surface area contributed by atoms with Gasteiger partial charge in [0.25, 0.3) is 0 Å². The molecule has 1 unspecified atom stereocenters. The first-order valence-electron chi connectivity index (χ1n) is 19.2. The van der Waals surface area contributed by atoms with Crippen molar-refractivity contribution in [1.82, 2.24) is 30.8 Å². The van der Waals surface area contributed by atoms with Crippen LogP contribution in [0.3, 0.4) is 0 Å². The largest absolute Gasteiger partial charge is 0.353 e. The van der Waals surface area contributed by atoms with Crippen molar-refractivity contribution in [3.63, 3.8) is 0 Å². The molecule has 0 radical (unpaired) electrons. The third kappa shape index (κ3) is 9.49. The highest BCUT2D eigenvalue weighted by Gasteiger charge is 2.62. The normalized spacial score (nSPS) is 20.9. The number of hydrogen-bond acceptors (Lipinski definition) is 5. The van der Waals surface area contributed by atoms with E-state index >= 15 is 0 Å². The van der Waals surface area contributed by atoms with Gasteiger partial charge in [-0.25, -0.2) is 4.79 Å². The minimum absolute atomic E-state index is 0.165. The molecule has 3 aromatic carbocycles. The average Bonchev–Trinajstić information content (AvgIpc) is 3.79. The topological polar surface area (TPSA) is 129 Å². The molecule has 2 aliphatic carbocycles. The molecule has 5 aromatic rings. The molecule has 2 heterocycles. The Kier molecular flexibility index (Phi) is 12.5. The summed E-state index contributed by atoms with van der Waals surface area (Å²) >= 11 is 19.1. The SMILES string of the molecule is C[C@H]1CCC[C@@H](NCCNC(=O)C2(NC(=O)[C@H](Cc3ccc(Cl)cc3)NC(=O)Nc3ccc4ccn(Cc5c(Cl)cccc5Cl)c4c3)C[C@H]2c2ccncc2)C1. The van der Waals surface area contributed by atoms with E-state index in [9.17, 15) is 14.4 Å². The van der Waals surface area contributed by atoms with Gasteiger partial charge in [-0.2, -0.15) is 0 Å². The summed E-state index contributed by atoms with van der Waals surface area (Å²) in [7, 11) is 0. The van der Waals surface area contributed by atoms with Gasteiger partial charge in [0.2, 0.25) is 11.8 Å². The van der Waals surface area contributed by atoms with E-state index in [-0.39, 0.29) is 18.2 Å². The Morgan fingerprint density at radius 1 is 0.929 bits per heavy atom. The van der Waals surface area contributed by atoms with Gasteiger partial charge in [-0.15, -0.1) is 0 Å². The fourth-order valence-corrected chi connectivity index (χ4v) is 8.53. The Hall–Kier alpha value is -4.61. The van der Waals surface area contributed by atoms with Crippen molar-refractivity contribution in [2.45, 2.75) is 75.5 Å². The lowest BCUT2D eigenvalue weighted by atomic mass is 9.87. The van der Waals surface area contributed by atoms with Crippen LogP contribution in [-0.4, -0.2) is 58.1 Å². The fourth-order valence-electron chi connectivity index (χ4n) is 7.89. The van der Waals surface area contributed by atoms with Gasteiger partial charge in [-0.1, -0.05) is 78.8 Å². The minimum Gasteiger partial charge on any atom is -0.353 e. The number of aromatic nitrogens is 2. The molecule has 5 atom stereocenters. The molecule has 5 N–H and O–H groups in total. The van der Waals surface area contributed by atoms with E-state index in [1.54, 1.807) is 48.8 Å².